The minimum absolute atomic E-state index is 0.0964. The summed E-state index contributed by atoms with van der Waals surface area (Å²) in [6.45, 7) is 1.85. The third-order valence-electron chi connectivity index (χ3n) is 4.79. The highest BCUT2D eigenvalue weighted by atomic mass is 35.5. The molecule has 0 saturated carbocycles. The maximum absolute atomic E-state index is 12.5. The average Bonchev–Trinajstić information content (AvgIpc) is 3.52. The van der Waals surface area contributed by atoms with Crippen molar-refractivity contribution < 1.29 is 9.21 Å². The van der Waals surface area contributed by atoms with Gasteiger partial charge in [-0.05, 0) is 73.7 Å². The summed E-state index contributed by atoms with van der Waals surface area (Å²) in [7, 11) is 0. The van der Waals surface area contributed by atoms with Crippen LogP contribution in [0.3, 0.4) is 0 Å². The van der Waals surface area contributed by atoms with Crippen molar-refractivity contribution in [3.8, 4) is 21.9 Å². The third kappa shape index (κ3) is 4.53. The SMILES string of the molecule is Cc1nnc2sc(-c3ccc(NC(=S)NC(=O)c4ccc(-c5ccc(Cl)cc5Cl)o4)cc3)nn12. The lowest BCUT2D eigenvalue weighted by atomic mass is 10.2. The molecule has 0 radical (unpaired) electrons. The summed E-state index contributed by atoms with van der Waals surface area (Å²) in [6.07, 6.45) is 0. The predicted molar refractivity (Wildman–Crippen MR) is 137 cm³/mol. The van der Waals surface area contributed by atoms with Crippen LogP contribution >= 0.6 is 46.8 Å². The van der Waals surface area contributed by atoms with E-state index in [-0.39, 0.29) is 10.9 Å². The molecule has 170 valence electrons. The molecule has 0 saturated heterocycles. The van der Waals surface area contributed by atoms with Gasteiger partial charge in [0.25, 0.3) is 5.91 Å². The number of benzene rings is 2. The number of carbonyl (C=O) groups is 1. The molecule has 0 unspecified atom stereocenters. The fraction of sp³-hybridized carbons (Fsp3) is 0.0455. The normalized spacial score (nSPS) is 11.0. The Morgan fingerprint density at radius 1 is 1.09 bits per heavy atom. The summed E-state index contributed by atoms with van der Waals surface area (Å²) in [4.78, 5) is 13.3. The Balaban J connectivity index is 1.23. The molecule has 0 aliphatic rings. The van der Waals surface area contributed by atoms with Gasteiger partial charge in [-0.3, -0.25) is 10.1 Å². The Kier molecular flexibility index (Phi) is 6.05. The van der Waals surface area contributed by atoms with Crippen molar-refractivity contribution in [2.45, 2.75) is 6.92 Å². The van der Waals surface area contributed by atoms with Gasteiger partial charge in [-0.2, -0.15) is 9.61 Å². The molecule has 0 spiro atoms. The molecular formula is C22H14Cl2N6O2S2. The molecule has 8 nitrogen and oxygen atoms in total. The Morgan fingerprint density at radius 2 is 1.88 bits per heavy atom. The van der Waals surface area contributed by atoms with Crippen LogP contribution in [0.1, 0.15) is 16.4 Å². The van der Waals surface area contributed by atoms with Crippen LogP contribution < -0.4 is 10.6 Å². The zero-order chi connectivity index (χ0) is 23.8. The molecule has 34 heavy (non-hydrogen) atoms. The standard InChI is InChI=1S/C22H14Cl2N6O2S2/c1-11-27-28-22-30(11)29-20(34-22)12-2-5-14(6-3-12)25-21(33)26-19(31)18-9-8-17(32-18)15-7-4-13(23)10-16(15)24/h2-10H,1H3,(H2,25,26,31,33). The van der Waals surface area contributed by atoms with Crippen LogP contribution in [-0.4, -0.2) is 30.8 Å². The first-order valence-corrected chi connectivity index (χ1v) is 11.8. The van der Waals surface area contributed by atoms with Crippen molar-refractivity contribution in [3.63, 3.8) is 0 Å². The van der Waals surface area contributed by atoms with Crippen LogP contribution in [0, 0.1) is 6.92 Å². The van der Waals surface area contributed by atoms with E-state index >= 15 is 0 Å². The summed E-state index contributed by atoms with van der Waals surface area (Å²) in [5.41, 5.74) is 2.27. The van der Waals surface area contributed by atoms with Gasteiger partial charge in [-0.1, -0.05) is 34.5 Å². The number of furan rings is 1. The maximum Gasteiger partial charge on any atom is 0.293 e. The second-order valence-electron chi connectivity index (χ2n) is 7.12. The first kappa shape index (κ1) is 22.5. The third-order valence-corrected chi connectivity index (χ3v) is 6.49. The number of aryl methyl sites for hydroxylation is 1. The van der Waals surface area contributed by atoms with Crippen LogP contribution in [0.2, 0.25) is 10.0 Å². The Morgan fingerprint density at radius 3 is 2.62 bits per heavy atom. The van der Waals surface area contributed by atoms with Crippen molar-refractivity contribution in [2.24, 2.45) is 0 Å². The monoisotopic (exact) mass is 528 g/mol. The molecule has 0 atom stereocenters. The molecule has 12 heteroatoms. The predicted octanol–water partition coefficient (Wildman–Crippen LogP) is 5.85. The van der Waals surface area contributed by atoms with Gasteiger partial charge < -0.3 is 9.73 Å². The van der Waals surface area contributed by atoms with Gasteiger partial charge in [0.15, 0.2) is 16.7 Å². The second kappa shape index (κ2) is 9.15. The number of nitrogens with zero attached hydrogens (tertiary/aromatic N) is 4. The van der Waals surface area contributed by atoms with Crippen LogP contribution in [0.15, 0.2) is 59.0 Å². The van der Waals surface area contributed by atoms with E-state index in [1.807, 2.05) is 31.2 Å². The largest absolute Gasteiger partial charge is 0.451 e. The number of rotatable bonds is 4. The zero-order valence-corrected chi connectivity index (χ0v) is 20.5. The molecule has 3 aromatic heterocycles. The Labute approximate surface area is 212 Å². The van der Waals surface area contributed by atoms with Gasteiger partial charge in [0.05, 0.1) is 5.02 Å². The number of carbonyl (C=O) groups excluding carboxylic acids is 1. The highest BCUT2D eigenvalue weighted by molar-refractivity contribution is 7.80. The minimum Gasteiger partial charge on any atom is -0.451 e. The zero-order valence-electron chi connectivity index (χ0n) is 17.4. The molecule has 2 N–H and O–H groups in total. The molecule has 0 bridgehead atoms. The summed E-state index contributed by atoms with van der Waals surface area (Å²) in [5, 5.41) is 20.1. The van der Waals surface area contributed by atoms with E-state index in [0.29, 0.717) is 27.1 Å². The average molecular weight is 529 g/mol. The van der Waals surface area contributed by atoms with Gasteiger partial charge in [0, 0.05) is 21.8 Å². The number of hydrogen-bond donors (Lipinski definition) is 2. The van der Waals surface area contributed by atoms with Crippen molar-refractivity contribution in [1.82, 2.24) is 25.1 Å². The highest BCUT2D eigenvalue weighted by Crippen LogP contribution is 2.31. The van der Waals surface area contributed by atoms with E-state index < -0.39 is 5.91 Å². The fourth-order valence-corrected chi connectivity index (χ4v) is 4.75. The molecule has 2 aromatic carbocycles. The number of thiocarbonyl (C=S) groups is 1. The number of aromatic nitrogens is 4. The van der Waals surface area contributed by atoms with Crippen molar-refractivity contribution in [3.05, 3.63) is 76.2 Å². The minimum atomic E-state index is -0.486. The molecule has 3 heterocycles. The molecule has 0 fully saturated rings. The lowest BCUT2D eigenvalue weighted by Crippen LogP contribution is -2.33. The number of fused-ring (bicyclic) bond motifs is 1. The molecular weight excluding hydrogens is 515 g/mol. The van der Waals surface area contributed by atoms with Gasteiger partial charge in [0.1, 0.15) is 10.8 Å². The number of amides is 1. The Hall–Kier alpha value is -3.31. The summed E-state index contributed by atoms with van der Waals surface area (Å²) >= 11 is 18.9. The van der Waals surface area contributed by atoms with Gasteiger partial charge in [0.2, 0.25) is 4.96 Å². The van der Waals surface area contributed by atoms with E-state index in [1.54, 1.807) is 34.8 Å². The highest BCUT2D eigenvalue weighted by Gasteiger charge is 2.16. The molecule has 0 aliphatic carbocycles. The van der Waals surface area contributed by atoms with Gasteiger partial charge >= 0.3 is 0 Å². The van der Waals surface area contributed by atoms with Crippen molar-refractivity contribution in [1.29, 1.82) is 0 Å². The summed E-state index contributed by atoms with van der Waals surface area (Å²) in [6, 6.07) is 15.7. The summed E-state index contributed by atoms with van der Waals surface area (Å²) in [5.74, 6) is 0.790. The molecule has 5 rings (SSSR count). The fourth-order valence-electron chi connectivity index (χ4n) is 3.15. The number of halogens is 2. The van der Waals surface area contributed by atoms with E-state index in [0.717, 1.165) is 21.4 Å². The Bertz CT molecular complexity index is 1540. The number of nitrogens with one attached hydrogen (secondary N) is 2. The first-order valence-electron chi connectivity index (χ1n) is 9.84. The smallest absolute Gasteiger partial charge is 0.293 e. The summed E-state index contributed by atoms with van der Waals surface area (Å²) < 4.78 is 7.36. The van der Waals surface area contributed by atoms with Crippen LogP contribution in [0.5, 0.6) is 0 Å². The quantitative estimate of drug-likeness (QED) is 0.282. The lowest BCUT2D eigenvalue weighted by Gasteiger charge is -2.09. The topological polar surface area (TPSA) is 97.3 Å². The molecule has 5 aromatic rings. The van der Waals surface area contributed by atoms with Crippen molar-refractivity contribution in [2.75, 3.05) is 5.32 Å². The maximum atomic E-state index is 12.5. The van der Waals surface area contributed by atoms with E-state index in [4.69, 9.17) is 39.8 Å². The van der Waals surface area contributed by atoms with E-state index in [2.05, 4.69) is 25.9 Å². The van der Waals surface area contributed by atoms with Crippen LogP contribution in [0.25, 0.3) is 26.9 Å². The number of hydrogen-bond acceptors (Lipinski definition) is 7. The van der Waals surface area contributed by atoms with Gasteiger partial charge in [-0.25, -0.2) is 0 Å². The molecule has 0 aliphatic heterocycles. The van der Waals surface area contributed by atoms with Crippen LogP contribution in [-0.2, 0) is 0 Å². The first-order chi connectivity index (χ1) is 16.4. The van der Waals surface area contributed by atoms with Crippen LogP contribution in [0.4, 0.5) is 5.69 Å². The lowest BCUT2D eigenvalue weighted by molar-refractivity contribution is 0.0951. The molecule has 1 amide bonds. The van der Waals surface area contributed by atoms with Gasteiger partial charge in [-0.15, -0.1) is 10.2 Å². The van der Waals surface area contributed by atoms with E-state index in [1.165, 1.54) is 11.3 Å². The second-order valence-corrected chi connectivity index (χ2v) is 9.33. The number of anilines is 1. The van der Waals surface area contributed by atoms with E-state index in [9.17, 15) is 4.79 Å². The van der Waals surface area contributed by atoms with Crippen molar-refractivity contribution >= 4 is 68.4 Å².